The van der Waals surface area contributed by atoms with Gasteiger partial charge in [-0.15, -0.1) is 11.3 Å². The molecule has 5 heteroatoms. The Hall–Kier alpha value is -1.62. The summed E-state index contributed by atoms with van der Waals surface area (Å²) in [5.41, 5.74) is 0.452. The summed E-state index contributed by atoms with van der Waals surface area (Å²) < 4.78 is 25.9. The number of thiazole rings is 1. The van der Waals surface area contributed by atoms with E-state index >= 15 is 0 Å². The SMILES string of the molecule is O=Cc1csc(-c2ccc(F)cc2F)n1. The number of hydrogen-bond donors (Lipinski definition) is 0. The molecule has 0 fully saturated rings. The van der Waals surface area contributed by atoms with Crippen LogP contribution in [0.4, 0.5) is 8.78 Å². The molecule has 0 aliphatic rings. The highest BCUT2D eigenvalue weighted by Crippen LogP contribution is 2.26. The fraction of sp³-hybridized carbons (Fsp3) is 0. The molecule has 0 saturated heterocycles. The Kier molecular flexibility index (Phi) is 2.55. The largest absolute Gasteiger partial charge is 0.296 e. The van der Waals surface area contributed by atoms with Gasteiger partial charge in [0.25, 0.3) is 0 Å². The summed E-state index contributed by atoms with van der Waals surface area (Å²) in [6.07, 6.45) is 0.585. The van der Waals surface area contributed by atoms with E-state index in [1.54, 1.807) is 0 Å². The molecule has 0 saturated carbocycles. The van der Waals surface area contributed by atoms with Gasteiger partial charge in [0.1, 0.15) is 22.3 Å². The maximum absolute atomic E-state index is 13.3. The van der Waals surface area contributed by atoms with Crippen LogP contribution in [0.1, 0.15) is 10.5 Å². The number of aldehydes is 1. The van der Waals surface area contributed by atoms with Crippen LogP contribution in [0.25, 0.3) is 10.6 Å². The van der Waals surface area contributed by atoms with E-state index in [9.17, 15) is 13.6 Å². The maximum atomic E-state index is 13.3. The topological polar surface area (TPSA) is 30.0 Å². The minimum Gasteiger partial charge on any atom is -0.296 e. The molecule has 2 rings (SSSR count). The number of nitrogens with zero attached hydrogens (tertiary/aromatic N) is 1. The zero-order valence-corrected chi connectivity index (χ0v) is 8.22. The maximum Gasteiger partial charge on any atom is 0.169 e. The van der Waals surface area contributed by atoms with E-state index in [1.807, 2.05) is 0 Å². The first-order valence-electron chi connectivity index (χ1n) is 4.07. The highest BCUT2D eigenvalue weighted by atomic mass is 32.1. The van der Waals surface area contributed by atoms with Gasteiger partial charge in [0.05, 0.1) is 0 Å². The van der Waals surface area contributed by atoms with Crippen LogP contribution in [0, 0.1) is 11.6 Å². The lowest BCUT2D eigenvalue weighted by molar-refractivity contribution is 0.111. The Morgan fingerprint density at radius 1 is 1.33 bits per heavy atom. The third-order valence-electron chi connectivity index (χ3n) is 1.80. The Morgan fingerprint density at radius 3 is 2.73 bits per heavy atom. The summed E-state index contributed by atoms with van der Waals surface area (Å²) in [6, 6.07) is 3.25. The number of aromatic nitrogens is 1. The molecular formula is C10H5F2NOS. The van der Waals surface area contributed by atoms with E-state index in [-0.39, 0.29) is 11.3 Å². The second-order valence-corrected chi connectivity index (χ2v) is 3.68. The van der Waals surface area contributed by atoms with Crippen LogP contribution in [-0.2, 0) is 0 Å². The van der Waals surface area contributed by atoms with Gasteiger partial charge in [-0.05, 0) is 12.1 Å². The van der Waals surface area contributed by atoms with Crippen molar-refractivity contribution in [1.29, 1.82) is 0 Å². The number of carbonyl (C=O) groups excluding carboxylic acids is 1. The van der Waals surface area contributed by atoms with Gasteiger partial charge in [-0.3, -0.25) is 4.79 Å². The van der Waals surface area contributed by atoms with Crippen LogP contribution in [-0.4, -0.2) is 11.3 Å². The van der Waals surface area contributed by atoms with Crippen molar-refractivity contribution in [2.24, 2.45) is 0 Å². The zero-order valence-electron chi connectivity index (χ0n) is 7.41. The summed E-state index contributed by atoms with van der Waals surface area (Å²) in [6.45, 7) is 0. The molecule has 1 heterocycles. The highest BCUT2D eigenvalue weighted by molar-refractivity contribution is 7.13. The summed E-state index contributed by atoms with van der Waals surface area (Å²) in [5.74, 6) is -1.31. The minimum atomic E-state index is -0.679. The van der Waals surface area contributed by atoms with Crippen molar-refractivity contribution in [2.45, 2.75) is 0 Å². The Morgan fingerprint density at radius 2 is 2.13 bits per heavy atom. The van der Waals surface area contributed by atoms with Gasteiger partial charge in [-0.1, -0.05) is 0 Å². The molecule has 0 radical (unpaired) electrons. The van der Waals surface area contributed by atoms with Crippen LogP contribution in [0.2, 0.25) is 0 Å². The average Bonchev–Trinajstić information content (AvgIpc) is 2.66. The summed E-state index contributed by atoms with van der Waals surface area (Å²) in [4.78, 5) is 14.3. The van der Waals surface area contributed by atoms with Crippen molar-refractivity contribution in [3.05, 3.63) is 40.9 Å². The smallest absolute Gasteiger partial charge is 0.169 e. The Bertz CT molecular complexity index is 510. The first-order valence-corrected chi connectivity index (χ1v) is 4.95. The summed E-state index contributed by atoms with van der Waals surface area (Å²) in [5, 5.41) is 1.89. The second kappa shape index (κ2) is 3.86. The van der Waals surface area contributed by atoms with Crippen molar-refractivity contribution in [1.82, 2.24) is 4.98 Å². The van der Waals surface area contributed by atoms with Crippen molar-refractivity contribution in [2.75, 3.05) is 0 Å². The van der Waals surface area contributed by atoms with E-state index in [4.69, 9.17) is 0 Å². The van der Waals surface area contributed by atoms with Gasteiger partial charge in [-0.2, -0.15) is 0 Å². The minimum absolute atomic E-state index is 0.203. The zero-order chi connectivity index (χ0) is 10.8. The molecule has 0 bridgehead atoms. The third-order valence-corrected chi connectivity index (χ3v) is 2.70. The van der Waals surface area contributed by atoms with Crippen molar-refractivity contribution >= 4 is 17.6 Å². The van der Waals surface area contributed by atoms with E-state index in [2.05, 4.69) is 4.98 Å². The van der Waals surface area contributed by atoms with Gasteiger partial charge < -0.3 is 0 Å². The first-order chi connectivity index (χ1) is 7.20. The van der Waals surface area contributed by atoms with Crippen molar-refractivity contribution in [3.63, 3.8) is 0 Å². The van der Waals surface area contributed by atoms with E-state index in [1.165, 1.54) is 11.4 Å². The van der Waals surface area contributed by atoms with Crippen molar-refractivity contribution in [3.8, 4) is 10.6 Å². The van der Waals surface area contributed by atoms with Gasteiger partial charge in [0.2, 0.25) is 0 Å². The first kappa shape index (κ1) is 9.92. The second-order valence-electron chi connectivity index (χ2n) is 2.82. The number of rotatable bonds is 2. The van der Waals surface area contributed by atoms with E-state index in [0.717, 1.165) is 23.5 Å². The van der Waals surface area contributed by atoms with Gasteiger partial charge >= 0.3 is 0 Å². The molecule has 76 valence electrons. The predicted octanol–water partition coefficient (Wildman–Crippen LogP) is 2.90. The average molecular weight is 225 g/mol. The fourth-order valence-corrected chi connectivity index (χ4v) is 1.92. The normalized spacial score (nSPS) is 10.3. The highest BCUT2D eigenvalue weighted by Gasteiger charge is 2.10. The van der Waals surface area contributed by atoms with Crippen LogP contribution in [0.3, 0.4) is 0 Å². The van der Waals surface area contributed by atoms with Crippen molar-refractivity contribution < 1.29 is 13.6 Å². The van der Waals surface area contributed by atoms with E-state index in [0.29, 0.717) is 11.3 Å². The monoisotopic (exact) mass is 225 g/mol. The fourth-order valence-electron chi connectivity index (χ4n) is 1.13. The standard InChI is InChI=1S/C10H5F2NOS/c11-6-1-2-8(9(12)3-6)10-13-7(4-14)5-15-10/h1-5H. The number of halogens is 2. The number of hydrogen-bond acceptors (Lipinski definition) is 3. The van der Waals surface area contributed by atoms with Gasteiger partial charge in [-0.25, -0.2) is 13.8 Å². The Balaban J connectivity index is 2.49. The Labute approximate surface area is 88.2 Å². The third kappa shape index (κ3) is 1.92. The van der Waals surface area contributed by atoms with Crippen LogP contribution in [0.15, 0.2) is 23.6 Å². The molecular weight excluding hydrogens is 220 g/mol. The molecule has 0 atom stereocenters. The number of carbonyl (C=O) groups is 1. The summed E-state index contributed by atoms with van der Waals surface area (Å²) >= 11 is 1.14. The lowest BCUT2D eigenvalue weighted by atomic mass is 10.2. The number of benzene rings is 1. The molecule has 0 aliphatic carbocycles. The van der Waals surface area contributed by atoms with E-state index < -0.39 is 11.6 Å². The molecule has 0 spiro atoms. The summed E-state index contributed by atoms with van der Waals surface area (Å²) in [7, 11) is 0. The van der Waals surface area contributed by atoms with Crippen LogP contribution < -0.4 is 0 Å². The molecule has 0 amide bonds. The lowest BCUT2D eigenvalue weighted by Gasteiger charge is -1.97. The molecule has 2 nitrogen and oxygen atoms in total. The molecule has 0 unspecified atom stereocenters. The van der Waals surface area contributed by atoms with Gasteiger partial charge in [0, 0.05) is 17.0 Å². The molecule has 2 aromatic rings. The van der Waals surface area contributed by atoms with Crippen LogP contribution >= 0.6 is 11.3 Å². The van der Waals surface area contributed by atoms with Crippen LogP contribution in [0.5, 0.6) is 0 Å². The molecule has 15 heavy (non-hydrogen) atoms. The van der Waals surface area contributed by atoms with Gasteiger partial charge in [0.15, 0.2) is 6.29 Å². The predicted molar refractivity (Wildman–Crippen MR) is 52.9 cm³/mol. The quantitative estimate of drug-likeness (QED) is 0.735. The molecule has 0 N–H and O–H groups in total. The molecule has 0 aliphatic heterocycles. The lowest BCUT2D eigenvalue weighted by Crippen LogP contribution is -1.86. The molecule has 1 aromatic carbocycles. The molecule has 1 aromatic heterocycles.